The lowest BCUT2D eigenvalue weighted by Crippen LogP contribution is -2.55. The molecule has 26 heavy (non-hydrogen) atoms. The molecular formula is C14H26Cl2F4N4O2. The van der Waals surface area contributed by atoms with Gasteiger partial charge < -0.3 is 16.0 Å². The average Bonchev–Trinajstić information content (AvgIpc) is 2.51. The number of halogens is 6. The molecule has 0 bridgehead atoms. The van der Waals surface area contributed by atoms with E-state index in [9.17, 15) is 27.2 Å². The maximum absolute atomic E-state index is 13.0. The second kappa shape index (κ2) is 11.8. The Morgan fingerprint density at radius 3 is 2.04 bits per heavy atom. The van der Waals surface area contributed by atoms with Crippen molar-refractivity contribution >= 4 is 36.6 Å². The molecule has 0 radical (unpaired) electrons. The van der Waals surface area contributed by atoms with E-state index in [1.807, 2.05) is 0 Å². The van der Waals surface area contributed by atoms with E-state index in [1.54, 1.807) is 13.8 Å². The van der Waals surface area contributed by atoms with Crippen LogP contribution in [0.2, 0.25) is 0 Å². The zero-order valence-corrected chi connectivity index (χ0v) is 16.2. The van der Waals surface area contributed by atoms with Crippen molar-refractivity contribution in [2.24, 2.45) is 11.7 Å². The Kier molecular flexibility index (Phi) is 12.4. The molecule has 0 aromatic rings. The van der Waals surface area contributed by atoms with Gasteiger partial charge in [-0.1, -0.05) is 13.8 Å². The fourth-order valence-corrected chi connectivity index (χ4v) is 2.22. The van der Waals surface area contributed by atoms with Crippen LogP contribution >= 0.6 is 24.8 Å². The summed E-state index contributed by atoms with van der Waals surface area (Å²) >= 11 is 0. The van der Waals surface area contributed by atoms with E-state index >= 15 is 0 Å². The second-order valence-corrected chi connectivity index (χ2v) is 6.21. The Labute approximate surface area is 162 Å². The SMILES string of the molecule is CC(C)[C@H](N)C(=O)NCC(=O)N1CCN(CC(F)(F)C(F)F)CC1.Cl.Cl. The van der Waals surface area contributed by atoms with Gasteiger partial charge in [-0.15, -0.1) is 24.8 Å². The zero-order valence-electron chi connectivity index (χ0n) is 14.6. The number of hydrogen-bond donors (Lipinski definition) is 2. The van der Waals surface area contributed by atoms with Gasteiger partial charge in [-0.25, -0.2) is 8.78 Å². The van der Waals surface area contributed by atoms with E-state index < -0.39 is 30.8 Å². The molecule has 1 heterocycles. The van der Waals surface area contributed by atoms with E-state index in [-0.39, 0.29) is 69.4 Å². The maximum Gasteiger partial charge on any atom is 0.319 e. The molecule has 6 nitrogen and oxygen atoms in total. The summed E-state index contributed by atoms with van der Waals surface area (Å²) in [6.07, 6.45) is -3.71. The van der Waals surface area contributed by atoms with Crippen molar-refractivity contribution in [3.8, 4) is 0 Å². The van der Waals surface area contributed by atoms with Crippen LogP contribution in [0.4, 0.5) is 17.6 Å². The molecule has 0 aliphatic carbocycles. The second-order valence-electron chi connectivity index (χ2n) is 6.21. The van der Waals surface area contributed by atoms with Crippen molar-refractivity contribution < 1.29 is 27.2 Å². The monoisotopic (exact) mass is 428 g/mol. The molecule has 12 heteroatoms. The molecule has 0 spiro atoms. The Bertz CT molecular complexity index is 451. The molecule has 3 N–H and O–H groups in total. The van der Waals surface area contributed by atoms with E-state index in [2.05, 4.69) is 5.32 Å². The molecule has 0 unspecified atom stereocenters. The molecule has 0 aromatic heterocycles. The summed E-state index contributed by atoms with van der Waals surface area (Å²) in [4.78, 5) is 26.3. The van der Waals surface area contributed by atoms with Crippen molar-refractivity contribution in [3.05, 3.63) is 0 Å². The van der Waals surface area contributed by atoms with Crippen molar-refractivity contribution in [2.75, 3.05) is 39.3 Å². The smallest absolute Gasteiger partial charge is 0.319 e. The standard InChI is InChI=1S/C14H24F4N4O2.2ClH/c1-9(2)11(19)12(24)20-7-10(23)22-5-3-21(4-6-22)8-14(17,18)13(15)16;;/h9,11,13H,3-8,19H2,1-2H3,(H,20,24);2*1H/t11-;;/m0../s1. The van der Waals surface area contributed by atoms with Crippen LogP contribution in [-0.4, -0.2) is 79.3 Å². The van der Waals surface area contributed by atoms with Crippen LogP contribution in [0.25, 0.3) is 0 Å². The summed E-state index contributed by atoms with van der Waals surface area (Å²) in [5, 5.41) is 2.44. The van der Waals surface area contributed by atoms with Gasteiger partial charge in [-0.2, -0.15) is 8.78 Å². The van der Waals surface area contributed by atoms with Crippen LogP contribution < -0.4 is 11.1 Å². The van der Waals surface area contributed by atoms with Crippen LogP contribution in [0.15, 0.2) is 0 Å². The predicted octanol–water partition coefficient (Wildman–Crippen LogP) is 0.974. The molecule has 156 valence electrons. The number of nitrogens with two attached hydrogens (primary N) is 1. The zero-order chi connectivity index (χ0) is 18.5. The van der Waals surface area contributed by atoms with Gasteiger partial charge in [-0.3, -0.25) is 14.5 Å². The van der Waals surface area contributed by atoms with E-state index in [0.717, 1.165) is 0 Å². The largest absolute Gasteiger partial charge is 0.346 e. The summed E-state index contributed by atoms with van der Waals surface area (Å²) in [5.74, 6) is -4.93. The van der Waals surface area contributed by atoms with Crippen molar-refractivity contribution in [1.82, 2.24) is 15.1 Å². The average molecular weight is 429 g/mol. The summed E-state index contributed by atoms with van der Waals surface area (Å²) in [7, 11) is 0. The molecule has 1 aliphatic heterocycles. The number of alkyl halides is 4. The first-order chi connectivity index (χ1) is 11.0. The topological polar surface area (TPSA) is 78.7 Å². The van der Waals surface area contributed by atoms with Gasteiger partial charge in [0.2, 0.25) is 11.8 Å². The highest BCUT2D eigenvalue weighted by Crippen LogP contribution is 2.24. The van der Waals surface area contributed by atoms with Crippen LogP contribution in [0.3, 0.4) is 0 Å². The third-order valence-corrected chi connectivity index (χ3v) is 3.91. The summed E-state index contributed by atoms with van der Waals surface area (Å²) in [5.41, 5.74) is 5.65. The fourth-order valence-electron chi connectivity index (χ4n) is 2.22. The molecule has 1 atom stereocenters. The first kappa shape index (κ1) is 27.4. The molecule has 0 saturated carbocycles. The first-order valence-electron chi connectivity index (χ1n) is 7.74. The maximum atomic E-state index is 13.0. The van der Waals surface area contributed by atoms with E-state index in [0.29, 0.717) is 0 Å². The lowest BCUT2D eigenvalue weighted by molar-refractivity contribution is -0.148. The number of carbonyl (C=O) groups excluding carboxylic acids is 2. The number of nitrogens with one attached hydrogen (secondary N) is 1. The highest BCUT2D eigenvalue weighted by molar-refractivity contribution is 5.87. The number of piperazine rings is 1. The minimum absolute atomic E-state index is 0. The Morgan fingerprint density at radius 1 is 1.12 bits per heavy atom. The van der Waals surface area contributed by atoms with Crippen LogP contribution in [-0.2, 0) is 9.59 Å². The van der Waals surface area contributed by atoms with E-state index in [1.165, 1.54) is 9.80 Å². The quantitative estimate of drug-likeness (QED) is 0.592. The highest BCUT2D eigenvalue weighted by atomic mass is 35.5. The fraction of sp³-hybridized carbons (Fsp3) is 0.857. The van der Waals surface area contributed by atoms with E-state index in [4.69, 9.17) is 5.73 Å². The lowest BCUT2D eigenvalue weighted by atomic mass is 10.1. The van der Waals surface area contributed by atoms with Gasteiger partial charge in [0, 0.05) is 26.2 Å². The number of hydrogen-bond acceptors (Lipinski definition) is 4. The molecule has 1 saturated heterocycles. The van der Waals surface area contributed by atoms with Gasteiger partial charge in [0.05, 0.1) is 19.1 Å². The minimum Gasteiger partial charge on any atom is -0.346 e. The minimum atomic E-state index is -4.06. The van der Waals surface area contributed by atoms with Crippen molar-refractivity contribution in [2.45, 2.75) is 32.2 Å². The Morgan fingerprint density at radius 2 is 1.62 bits per heavy atom. The van der Waals surface area contributed by atoms with Gasteiger partial charge in [0.25, 0.3) is 0 Å². The lowest BCUT2D eigenvalue weighted by Gasteiger charge is -2.36. The summed E-state index contributed by atoms with van der Waals surface area (Å²) in [6, 6.07) is -0.716. The number of nitrogens with zero attached hydrogens (tertiary/aromatic N) is 2. The first-order valence-corrected chi connectivity index (χ1v) is 7.74. The normalized spacial score (nSPS) is 16.7. The Balaban J connectivity index is 0. The number of rotatable bonds is 7. The molecule has 2 amide bonds. The molecular weight excluding hydrogens is 403 g/mol. The van der Waals surface area contributed by atoms with Gasteiger partial charge in [0.15, 0.2) is 0 Å². The molecule has 1 rings (SSSR count). The van der Waals surface area contributed by atoms with Crippen molar-refractivity contribution in [3.63, 3.8) is 0 Å². The van der Waals surface area contributed by atoms with Crippen LogP contribution in [0.5, 0.6) is 0 Å². The summed E-state index contributed by atoms with van der Waals surface area (Å²) < 4.78 is 50.4. The molecule has 1 aliphatic rings. The molecule has 1 fully saturated rings. The predicted molar refractivity (Wildman–Crippen MR) is 94.3 cm³/mol. The number of carbonyl (C=O) groups is 2. The van der Waals surface area contributed by atoms with Gasteiger partial charge >= 0.3 is 12.3 Å². The molecule has 0 aromatic carbocycles. The van der Waals surface area contributed by atoms with Gasteiger partial charge in [0.1, 0.15) is 0 Å². The third-order valence-electron chi connectivity index (χ3n) is 3.91. The van der Waals surface area contributed by atoms with Gasteiger partial charge in [-0.05, 0) is 5.92 Å². The third kappa shape index (κ3) is 8.24. The summed E-state index contributed by atoms with van der Waals surface area (Å²) in [6.45, 7) is 2.73. The Hall–Kier alpha value is -0.840. The number of amides is 2. The highest BCUT2D eigenvalue weighted by Gasteiger charge is 2.42. The van der Waals surface area contributed by atoms with Crippen LogP contribution in [0.1, 0.15) is 13.8 Å². The van der Waals surface area contributed by atoms with Crippen LogP contribution in [0, 0.1) is 5.92 Å². The van der Waals surface area contributed by atoms with Crippen molar-refractivity contribution in [1.29, 1.82) is 0 Å².